The van der Waals surface area contributed by atoms with Crippen LogP contribution in [-0.4, -0.2) is 50.8 Å². The van der Waals surface area contributed by atoms with Gasteiger partial charge in [0.1, 0.15) is 0 Å². The first-order valence-electron chi connectivity index (χ1n) is 4.80. The van der Waals surface area contributed by atoms with Crippen molar-refractivity contribution in [1.29, 1.82) is 0 Å². The van der Waals surface area contributed by atoms with Crippen molar-refractivity contribution in [2.45, 2.75) is 24.5 Å². The number of carboxylic acid groups (broad SMARTS) is 1. The van der Waals surface area contributed by atoms with Crippen molar-refractivity contribution in [2.24, 2.45) is 0 Å². The van der Waals surface area contributed by atoms with Crippen LogP contribution in [0.4, 0.5) is 0 Å². The fraction of sp³-hybridized carbons (Fsp3) is 0.750. The second kappa shape index (κ2) is 6.44. The first kappa shape index (κ1) is 12.9. The Balaban J connectivity index is 2.71. The van der Waals surface area contributed by atoms with Crippen LogP contribution in [0.25, 0.3) is 0 Å². The molecule has 0 radical (unpaired) electrons. The monoisotopic (exact) mass is 246 g/mol. The average molecular weight is 246 g/mol. The van der Waals surface area contributed by atoms with Crippen LogP contribution < -0.4 is 0 Å². The molecule has 8 heteroatoms. The minimum atomic E-state index is -0.890. The number of thioether (sulfide) groups is 1. The number of carboxylic acids is 1. The van der Waals surface area contributed by atoms with Crippen molar-refractivity contribution < 1.29 is 14.6 Å². The molecule has 0 bridgehead atoms. The van der Waals surface area contributed by atoms with Crippen molar-refractivity contribution >= 4 is 17.7 Å². The molecule has 0 saturated heterocycles. The van der Waals surface area contributed by atoms with Gasteiger partial charge < -0.3 is 9.84 Å². The van der Waals surface area contributed by atoms with Crippen molar-refractivity contribution in [3.63, 3.8) is 0 Å². The molecule has 1 aromatic rings. The summed E-state index contributed by atoms with van der Waals surface area (Å²) in [7, 11) is 1.61. The largest absolute Gasteiger partial charge is 0.481 e. The fourth-order valence-electron chi connectivity index (χ4n) is 1.19. The summed E-state index contributed by atoms with van der Waals surface area (Å²) in [6.07, 6.45) is 0.819. The minimum Gasteiger partial charge on any atom is -0.481 e. The predicted octanol–water partition coefficient (Wildman–Crippen LogP) is 0.447. The van der Waals surface area contributed by atoms with Gasteiger partial charge >= 0.3 is 5.97 Å². The topological polar surface area (TPSA) is 90.1 Å². The summed E-state index contributed by atoms with van der Waals surface area (Å²) in [6, 6.07) is 0.0382. The molecule has 0 aliphatic carbocycles. The van der Waals surface area contributed by atoms with E-state index in [1.54, 1.807) is 11.8 Å². The SMILES string of the molecule is CCC(COC)n1nnnc1SCC(=O)O. The second-order valence-corrected chi connectivity index (χ2v) is 4.05. The first-order chi connectivity index (χ1) is 7.69. The number of aliphatic carboxylic acids is 1. The lowest BCUT2D eigenvalue weighted by Crippen LogP contribution is -2.16. The van der Waals surface area contributed by atoms with Crippen LogP contribution >= 0.6 is 11.8 Å². The van der Waals surface area contributed by atoms with Crippen molar-refractivity contribution in [3.8, 4) is 0 Å². The van der Waals surface area contributed by atoms with Gasteiger partial charge in [0.2, 0.25) is 5.16 Å². The highest BCUT2D eigenvalue weighted by Crippen LogP contribution is 2.19. The van der Waals surface area contributed by atoms with E-state index in [-0.39, 0.29) is 11.8 Å². The summed E-state index contributed by atoms with van der Waals surface area (Å²) in [6.45, 7) is 2.50. The summed E-state index contributed by atoms with van der Waals surface area (Å²) in [5.74, 6) is -0.941. The van der Waals surface area contributed by atoms with E-state index in [4.69, 9.17) is 9.84 Å². The van der Waals surface area contributed by atoms with Crippen molar-refractivity contribution in [1.82, 2.24) is 20.2 Å². The molecule has 16 heavy (non-hydrogen) atoms. The van der Waals surface area contributed by atoms with Gasteiger partial charge in [0.25, 0.3) is 0 Å². The lowest BCUT2D eigenvalue weighted by molar-refractivity contribution is -0.133. The number of hydrogen-bond acceptors (Lipinski definition) is 6. The van der Waals surface area contributed by atoms with Gasteiger partial charge in [-0.3, -0.25) is 4.79 Å². The molecule has 0 spiro atoms. The predicted molar refractivity (Wildman–Crippen MR) is 57.4 cm³/mol. The lowest BCUT2D eigenvalue weighted by Gasteiger charge is -2.14. The van der Waals surface area contributed by atoms with E-state index in [1.165, 1.54) is 0 Å². The Hall–Kier alpha value is -1.15. The van der Waals surface area contributed by atoms with Gasteiger partial charge in [-0.05, 0) is 16.8 Å². The number of tetrazole rings is 1. The van der Waals surface area contributed by atoms with Gasteiger partial charge in [0, 0.05) is 7.11 Å². The van der Waals surface area contributed by atoms with Crippen LogP contribution in [0.3, 0.4) is 0 Å². The van der Waals surface area contributed by atoms with Crippen molar-refractivity contribution in [3.05, 3.63) is 0 Å². The molecule has 0 fully saturated rings. The Morgan fingerprint density at radius 1 is 1.69 bits per heavy atom. The third kappa shape index (κ3) is 3.46. The van der Waals surface area contributed by atoms with E-state index in [0.29, 0.717) is 11.8 Å². The normalized spacial score (nSPS) is 12.6. The third-order valence-electron chi connectivity index (χ3n) is 1.96. The van der Waals surface area contributed by atoms with Gasteiger partial charge in [0.15, 0.2) is 0 Å². The van der Waals surface area contributed by atoms with Gasteiger partial charge in [-0.15, -0.1) is 5.10 Å². The molecule has 1 N–H and O–H groups in total. The fourth-order valence-corrected chi connectivity index (χ4v) is 1.85. The highest BCUT2D eigenvalue weighted by Gasteiger charge is 2.16. The van der Waals surface area contributed by atoms with E-state index >= 15 is 0 Å². The zero-order valence-electron chi connectivity index (χ0n) is 9.16. The van der Waals surface area contributed by atoms with E-state index in [0.717, 1.165) is 18.2 Å². The van der Waals surface area contributed by atoms with E-state index in [1.807, 2.05) is 6.92 Å². The summed E-state index contributed by atoms with van der Waals surface area (Å²) in [5.41, 5.74) is 0. The van der Waals surface area contributed by atoms with Gasteiger partial charge in [-0.25, -0.2) is 4.68 Å². The molecule has 0 amide bonds. The highest BCUT2D eigenvalue weighted by atomic mass is 32.2. The molecule has 0 aliphatic rings. The standard InChI is InChI=1S/C8H14N4O3S/c1-3-6(4-15-2)12-8(9-10-11-12)16-5-7(13)14/h6H,3-5H2,1-2H3,(H,13,14). The van der Waals surface area contributed by atoms with Gasteiger partial charge in [-0.1, -0.05) is 18.7 Å². The summed E-state index contributed by atoms with van der Waals surface area (Å²) >= 11 is 1.10. The van der Waals surface area contributed by atoms with Crippen LogP contribution in [0.15, 0.2) is 5.16 Å². The first-order valence-corrected chi connectivity index (χ1v) is 5.79. The molecule has 1 atom stereocenters. The maximum Gasteiger partial charge on any atom is 0.313 e. The number of hydrogen-bond donors (Lipinski definition) is 1. The molecule has 90 valence electrons. The smallest absolute Gasteiger partial charge is 0.313 e. The Kier molecular flexibility index (Phi) is 5.20. The van der Waals surface area contributed by atoms with Crippen LogP contribution in [0.1, 0.15) is 19.4 Å². The van der Waals surface area contributed by atoms with Crippen LogP contribution in [-0.2, 0) is 9.53 Å². The number of carbonyl (C=O) groups is 1. The van der Waals surface area contributed by atoms with E-state index in [2.05, 4.69) is 15.5 Å². The van der Waals surface area contributed by atoms with E-state index in [9.17, 15) is 4.79 Å². The molecule has 7 nitrogen and oxygen atoms in total. The summed E-state index contributed by atoms with van der Waals surface area (Å²) < 4.78 is 6.67. The van der Waals surface area contributed by atoms with Gasteiger partial charge in [-0.2, -0.15) is 0 Å². The van der Waals surface area contributed by atoms with Crippen LogP contribution in [0.5, 0.6) is 0 Å². The summed E-state index contributed by atoms with van der Waals surface area (Å²) in [4.78, 5) is 10.4. The highest BCUT2D eigenvalue weighted by molar-refractivity contribution is 7.99. The van der Waals surface area contributed by atoms with Crippen molar-refractivity contribution in [2.75, 3.05) is 19.5 Å². The third-order valence-corrected chi connectivity index (χ3v) is 2.88. The molecular formula is C8H14N4O3S. The number of nitrogens with zero attached hydrogens (tertiary/aromatic N) is 4. The Morgan fingerprint density at radius 2 is 2.44 bits per heavy atom. The quantitative estimate of drug-likeness (QED) is 0.698. The Bertz CT molecular complexity index is 344. The van der Waals surface area contributed by atoms with Gasteiger partial charge in [0.05, 0.1) is 18.4 Å². The maximum absolute atomic E-state index is 10.4. The average Bonchev–Trinajstić information content (AvgIpc) is 2.71. The lowest BCUT2D eigenvalue weighted by atomic mass is 10.2. The maximum atomic E-state index is 10.4. The molecule has 0 aromatic carbocycles. The molecule has 0 aliphatic heterocycles. The van der Waals surface area contributed by atoms with Crippen LogP contribution in [0.2, 0.25) is 0 Å². The number of methoxy groups -OCH3 is 1. The zero-order chi connectivity index (χ0) is 12.0. The zero-order valence-corrected chi connectivity index (χ0v) is 9.98. The minimum absolute atomic E-state index is 0.0382. The second-order valence-electron chi connectivity index (χ2n) is 3.11. The Labute approximate surface area is 97.2 Å². The molecule has 0 saturated carbocycles. The molecule has 1 rings (SSSR count). The number of aromatic nitrogens is 4. The van der Waals surface area contributed by atoms with E-state index < -0.39 is 5.97 Å². The van der Waals surface area contributed by atoms with Crippen LogP contribution in [0, 0.1) is 0 Å². The molecular weight excluding hydrogens is 232 g/mol. The molecule has 1 aromatic heterocycles. The Morgan fingerprint density at radius 3 is 3.00 bits per heavy atom. The molecule has 1 unspecified atom stereocenters. The summed E-state index contributed by atoms with van der Waals surface area (Å²) in [5, 5.41) is 20.3. The number of ether oxygens (including phenoxy) is 1. The molecule has 1 heterocycles. The number of rotatable bonds is 7.